The van der Waals surface area contributed by atoms with Gasteiger partial charge in [-0.2, -0.15) is 0 Å². The zero-order chi connectivity index (χ0) is 12.3. The minimum absolute atomic E-state index is 0.225. The number of nitrogens with zero attached hydrogens (tertiary/aromatic N) is 5. The van der Waals surface area contributed by atoms with Crippen LogP contribution in [0.5, 0.6) is 0 Å². The van der Waals surface area contributed by atoms with Gasteiger partial charge < -0.3 is 5.11 Å². The Kier molecular flexibility index (Phi) is 3.69. The number of carboxylic acid groups (broad SMARTS) is 1. The number of carbonyl (C=O) groups is 1. The van der Waals surface area contributed by atoms with Gasteiger partial charge in [0.05, 0.1) is 5.01 Å². The van der Waals surface area contributed by atoms with E-state index in [2.05, 4.69) is 20.5 Å². The van der Waals surface area contributed by atoms with Crippen molar-refractivity contribution >= 4 is 29.1 Å². The number of aryl methyl sites for hydroxylation is 1. The summed E-state index contributed by atoms with van der Waals surface area (Å²) in [5.41, 5.74) is 0. The fourth-order valence-corrected chi connectivity index (χ4v) is 2.83. The van der Waals surface area contributed by atoms with Crippen molar-refractivity contribution in [2.24, 2.45) is 0 Å². The first-order chi connectivity index (χ1) is 8.15. The molecule has 2 rings (SSSR count). The van der Waals surface area contributed by atoms with Crippen LogP contribution in [0.15, 0.2) is 11.4 Å². The summed E-state index contributed by atoms with van der Waals surface area (Å²) >= 11 is 3.00. The summed E-state index contributed by atoms with van der Waals surface area (Å²) in [6.45, 7) is 1.71. The summed E-state index contributed by atoms with van der Waals surface area (Å²) in [6, 6.07) is 0. The number of rotatable bonds is 5. The molecular weight excluding hydrogens is 262 g/mol. The molecule has 0 amide bonds. The zero-order valence-corrected chi connectivity index (χ0v) is 10.5. The summed E-state index contributed by atoms with van der Waals surface area (Å²) in [5.74, 6) is -0.279. The van der Waals surface area contributed by atoms with E-state index in [0.29, 0.717) is 10.9 Å². The molecule has 17 heavy (non-hydrogen) atoms. The van der Waals surface area contributed by atoms with Crippen LogP contribution >= 0.6 is 23.1 Å². The zero-order valence-electron chi connectivity index (χ0n) is 8.90. The Morgan fingerprint density at radius 2 is 2.47 bits per heavy atom. The predicted molar refractivity (Wildman–Crippen MR) is 61.9 cm³/mol. The molecule has 0 spiro atoms. The van der Waals surface area contributed by atoms with Gasteiger partial charge in [-0.1, -0.05) is 11.8 Å². The van der Waals surface area contributed by atoms with Crippen molar-refractivity contribution in [2.45, 2.75) is 24.4 Å². The van der Waals surface area contributed by atoms with Gasteiger partial charge in [-0.3, -0.25) is 4.79 Å². The number of carboxylic acids is 1. The third-order valence-corrected chi connectivity index (χ3v) is 3.90. The van der Waals surface area contributed by atoms with Crippen molar-refractivity contribution in [3.05, 3.63) is 16.1 Å². The first kappa shape index (κ1) is 12.0. The van der Waals surface area contributed by atoms with Crippen LogP contribution in [0, 0.1) is 6.92 Å². The number of tetrazole rings is 1. The molecule has 1 N–H and O–H groups in total. The van der Waals surface area contributed by atoms with E-state index >= 15 is 0 Å². The summed E-state index contributed by atoms with van der Waals surface area (Å²) < 4.78 is 1.26. The van der Waals surface area contributed by atoms with Gasteiger partial charge in [0.1, 0.15) is 6.54 Å². The number of hydrogen-bond donors (Lipinski definition) is 1. The van der Waals surface area contributed by atoms with E-state index < -0.39 is 5.97 Å². The van der Waals surface area contributed by atoms with Crippen molar-refractivity contribution in [3.8, 4) is 0 Å². The molecule has 0 bridgehead atoms. The highest BCUT2D eigenvalue weighted by atomic mass is 32.2. The number of aliphatic carboxylic acids is 1. The maximum absolute atomic E-state index is 10.6. The molecule has 2 aromatic rings. The van der Waals surface area contributed by atoms with Gasteiger partial charge in [-0.25, -0.2) is 9.67 Å². The van der Waals surface area contributed by atoms with Crippen molar-refractivity contribution in [2.75, 3.05) is 0 Å². The molecule has 2 aromatic heterocycles. The lowest BCUT2D eigenvalue weighted by Crippen LogP contribution is -2.11. The van der Waals surface area contributed by atoms with E-state index in [1.807, 2.05) is 6.92 Å². The normalized spacial score (nSPS) is 10.6. The van der Waals surface area contributed by atoms with E-state index in [-0.39, 0.29) is 6.54 Å². The van der Waals surface area contributed by atoms with Gasteiger partial charge in [0.2, 0.25) is 5.16 Å². The molecule has 0 aliphatic heterocycles. The highest BCUT2D eigenvalue weighted by Gasteiger charge is 2.10. The minimum Gasteiger partial charge on any atom is -0.480 e. The number of aromatic nitrogens is 5. The molecule has 2 heterocycles. The summed E-state index contributed by atoms with van der Waals surface area (Å²) in [5, 5.41) is 21.0. The minimum atomic E-state index is -0.965. The maximum Gasteiger partial charge on any atom is 0.325 e. The van der Waals surface area contributed by atoms with Gasteiger partial charge in [-0.05, 0) is 17.4 Å². The summed E-state index contributed by atoms with van der Waals surface area (Å²) in [6.07, 6.45) is 1.80. The highest BCUT2D eigenvalue weighted by molar-refractivity contribution is 7.98. The largest absolute Gasteiger partial charge is 0.480 e. The third-order valence-electron chi connectivity index (χ3n) is 1.80. The molecule has 0 fully saturated rings. The fourth-order valence-electron chi connectivity index (χ4n) is 1.13. The van der Waals surface area contributed by atoms with Crippen LogP contribution in [0.25, 0.3) is 0 Å². The lowest BCUT2D eigenvalue weighted by atomic mass is 10.6. The molecule has 0 saturated carbocycles. The second kappa shape index (κ2) is 5.23. The Bertz CT molecular complexity index is 523. The number of thioether (sulfide) groups is 1. The van der Waals surface area contributed by atoms with Crippen LogP contribution in [-0.4, -0.2) is 36.3 Å². The summed E-state index contributed by atoms with van der Waals surface area (Å²) in [7, 11) is 0. The van der Waals surface area contributed by atoms with E-state index in [0.717, 1.165) is 9.88 Å². The van der Waals surface area contributed by atoms with Crippen LogP contribution in [-0.2, 0) is 17.1 Å². The Hall–Kier alpha value is -1.48. The van der Waals surface area contributed by atoms with Gasteiger partial charge in [0.15, 0.2) is 0 Å². The predicted octanol–water partition coefficient (Wildman–Crippen LogP) is 0.815. The van der Waals surface area contributed by atoms with Crippen LogP contribution < -0.4 is 0 Å². The molecule has 0 radical (unpaired) electrons. The molecule has 90 valence electrons. The Morgan fingerprint density at radius 1 is 1.65 bits per heavy atom. The molecule has 0 unspecified atom stereocenters. The second-order valence-corrected chi connectivity index (χ2v) is 5.41. The van der Waals surface area contributed by atoms with Crippen LogP contribution in [0.1, 0.15) is 9.88 Å². The van der Waals surface area contributed by atoms with E-state index in [4.69, 9.17) is 5.11 Å². The monoisotopic (exact) mass is 271 g/mol. The summed E-state index contributed by atoms with van der Waals surface area (Å²) in [4.78, 5) is 15.8. The van der Waals surface area contributed by atoms with E-state index in [9.17, 15) is 4.79 Å². The molecule has 0 saturated heterocycles. The smallest absolute Gasteiger partial charge is 0.325 e. The van der Waals surface area contributed by atoms with Crippen molar-refractivity contribution in [1.29, 1.82) is 0 Å². The number of hydrogen-bond acceptors (Lipinski definition) is 7. The topological polar surface area (TPSA) is 93.8 Å². The third kappa shape index (κ3) is 3.24. The average molecular weight is 271 g/mol. The standard InChI is InChI=1S/C8H9N5O2S2/c1-5-9-2-6(17-5)4-16-8-10-11-12-13(8)3-7(14)15/h2H,3-4H2,1H3,(H,14,15). The first-order valence-electron chi connectivity index (χ1n) is 4.67. The SMILES string of the molecule is Cc1ncc(CSc2nnnn2CC(=O)O)s1. The van der Waals surface area contributed by atoms with Crippen molar-refractivity contribution in [1.82, 2.24) is 25.2 Å². The average Bonchev–Trinajstić information content (AvgIpc) is 2.84. The van der Waals surface area contributed by atoms with E-state index in [1.54, 1.807) is 17.5 Å². The van der Waals surface area contributed by atoms with Crippen LogP contribution in [0.3, 0.4) is 0 Å². The Morgan fingerprint density at radius 3 is 3.12 bits per heavy atom. The van der Waals surface area contributed by atoms with Gasteiger partial charge in [-0.15, -0.1) is 16.4 Å². The molecule has 7 nitrogen and oxygen atoms in total. The molecular formula is C8H9N5O2S2. The highest BCUT2D eigenvalue weighted by Crippen LogP contribution is 2.23. The maximum atomic E-state index is 10.6. The molecule has 0 aromatic carbocycles. The lowest BCUT2D eigenvalue weighted by molar-refractivity contribution is -0.138. The van der Waals surface area contributed by atoms with Crippen LogP contribution in [0.2, 0.25) is 0 Å². The van der Waals surface area contributed by atoms with E-state index in [1.165, 1.54) is 16.4 Å². The second-order valence-electron chi connectivity index (χ2n) is 3.15. The molecule has 9 heteroatoms. The van der Waals surface area contributed by atoms with Crippen molar-refractivity contribution < 1.29 is 9.90 Å². The molecule has 0 aliphatic carbocycles. The number of thiazole rings is 1. The fraction of sp³-hybridized carbons (Fsp3) is 0.375. The van der Waals surface area contributed by atoms with Crippen molar-refractivity contribution in [3.63, 3.8) is 0 Å². The Labute approximate surface area is 105 Å². The Balaban J connectivity index is 1.99. The van der Waals surface area contributed by atoms with Gasteiger partial charge in [0, 0.05) is 16.8 Å². The van der Waals surface area contributed by atoms with Gasteiger partial charge in [0.25, 0.3) is 0 Å². The van der Waals surface area contributed by atoms with Crippen LogP contribution in [0.4, 0.5) is 0 Å². The molecule has 0 aliphatic rings. The van der Waals surface area contributed by atoms with Gasteiger partial charge >= 0.3 is 5.97 Å². The first-order valence-corrected chi connectivity index (χ1v) is 6.47. The molecule has 0 atom stereocenters. The quantitative estimate of drug-likeness (QED) is 0.804. The lowest BCUT2D eigenvalue weighted by Gasteiger charge is -1.99.